The van der Waals surface area contributed by atoms with Gasteiger partial charge in [0, 0.05) is 24.7 Å². The number of aryl methyl sites for hydroxylation is 1. The van der Waals surface area contributed by atoms with Crippen molar-refractivity contribution in [3.63, 3.8) is 0 Å². The smallest absolute Gasteiger partial charge is 0.322 e. The van der Waals surface area contributed by atoms with Gasteiger partial charge in [0.1, 0.15) is 10.8 Å². The Kier molecular flexibility index (Phi) is 5.36. The minimum absolute atomic E-state index is 0.287. The Labute approximate surface area is 157 Å². The summed E-state index contributed by atoms with van der Waals surface area (Å²) in [6.07, 6.45) is 1.92. The van der Waals surface area contributed by atoms with E-state index in [2.05, 4.69) is 4.99 Å². The zero-order valence-corrected chi connectivity index (χ0v) is 16.0. The van der Waals surface area contributed by atoms with E-state index in [1.54, 1.807) is 19.2 Å². The van der Waals surface area contributed by atoms with Gasteiger partial charge in [-0.05, 0) is 36.8 Å². The SMILES string of the molecule is Cc1cn(-c2ccc(Cl)s2)/c(=N/C(=O)N(C)Cc2cccc(F)c2)s1. The number of halogens is 2. The molecule has 0 spiro atoms. The van der Waals surface area contributed by atoms with Gasteiger partial charge in [0.25, 0.3) is 0 Å². The van der Waals surface area contributed by atoms with Crippen molar-refractivity contribution in [2.45, 2.75) is 13.5 Å². The number of amides is 2. The van der Waals surface area contributed by atoms with E-state index in [1.807, 2.05) is 29.8 Å². The second kappa shape index (κ2) is 7.51. The Morgan fingerprint density at radius 3 is 2.80 bits per heavy atom. The van der Waals surface area contributed by atoms with Crippen molar-refractivity contribution in [1.29, 1.82) is 0 Å². The molecule has 25 heavy (non-hydrogen) atoms. The summed E-state index contributed by atoms with van der Waals surface area (Å²) in [7, 11) is 1.64. The van der Waals surface area contributed by atoms with E-state index < -0.39 is 0 Å². The Hall–Kier alpha value is -1.96. The quantitative estimate of drug-likeness (QED) is 0.624. The van der Waals surface area contributed by atoms with Crippen LogP contribution in [0.4, 0.5) is 9.18 Å². The summed E-state index contributed by atoms with van der Waals surface area (Å²) in [4.78, 5) is 19.7. The summed E-state index contributed by atoms with van der Waals surface area (Å²) in [6.45, 7) is 2.24. The lowest BCUT2D eigenvalue weighted by Crippen LogP contribution is -2.26. The van der Waals surface area contributed by atoms with Crippen LogP contribution in [0, 0.1) is 12.7 Å². The van der Waals surface area contributed by atoms with Crippen molar-refractivity contribution in [3.8, 4) is 5.00 Å². The summed E-state index contributed by atoms with van der Waals surface area (Å²) in [6, 6.07) is 9.49. The largest absolute Gasteiger partial charge is 0.346 e. The molecule has 1 aromatic carbocycles. The summed E-state index contributed by atoms with van der Waals surface area (Å²) < 4.78 is 15.8. The van der Waals surface area contributed by atoms with Gasteiger partial charge in [-0.15, -0.1) is 22.7 Å². The van der Waals surface area contributed by atoms with E-state index in [4.69, 9.17) is 11.6 Å². The van der Waals surface area contributed by atoms with E-state index in [0.29, 0.717) is 14.7 Å². The number of urea groups is 1. The molecule has 0 fully saturated rings. The Bertz CT molecular complexity index is 976. The molecule has 0 N–H and O–H groups in total. The van der Waals surface area contributed by atoms with Crippen molar-refractivity contribution >= 4 is 40.3 Å². The summed E-state index contributed by atoms with van der Waals surface area (Å²) in [5, 5.41) is 0.897. The summed E-state index contributed by atoms with van der Waals surface area (Å²) in [5.41, 5.74) is 0.714. The van der Waals surface area contributed by atoms with Crippen molar-refractivity contribution in [2.24, 2.45) is 4.99 Å². The molecule has 0 saturated heterocycles. The fraction of sp³-hybridized carbons (Fsp3) is 0.176. The molecule has 0 aliphatic heterocycles. The second-order valence-corrected chi connectivity index (χ2v) is 8.36. The van der Waals surface area contributed by atoms with Crippen LogP contribution in [0.2, 0.25) is 4.34 Å². The lowest BCUT2D eigenvalue weighted by Gasteiger charge is -2.14. The molecule has 2 heterocycles. The van der Waals surface area contributed by atoms with Crippen molar-refractivity contribution < 1.29 is 9.18 Å². The number of thiazole rings is 1. The number of aromatic nitrogens is 1. The fourth-order valence-electron chi connectivity index (χ4n) is 2.27. The molecule has 0 aliphatic rings. The number of benzene rings is 1. The average Bonchev–Trinajstić information content (AvgIpc) is 3.13. The zero-order valence-electron chi connectivity index (χ0n) is 13.6. The van der Waals surface area contributed by atoms with Crippen molar-refractivity contribution in [1.82, 2.24) is 9.47 Å². The molecule has 2 aromatic heterocycles. The lowest BCUT2D eigenvalue weighted by atomic mass is 10.2. The number of rotatable bonds is 3. The first kappa shape index (κ1) is 17.8. The first-order valence-corrected chi connectivity index (χ1v) is 9.42. The Morgan fingerprint density at radius 2 is 2.12 bits per heavy atom. The number of nitrogens with zero attached hydrogens (tertiary/aromatic N) is 3. The van der Waals surface area contributed by atoms with Crippen LogP contribution in [0.3, 0.4) is 0 Å². The number of hydrogen-bond donors (Lipinski definition) is 0. The van der Waals surface area contributed by atoms with Crippen molar-refractivity contribution in [2.75, 3.05) is 7.05 Å². The molecular weight excluding hydrogens is 381 g/mol. The standard InChI is InChI=1S/C17H15ClFN3OS2/c1-11-9-22(15-7-6-14(18)25-15)17(24-11)20-16(23)21(2)10-12-4-3-5-13(19)8-12/h3-9H,10H2,1-2H3/b20-17-. The van der Waals surface area contributed by atoms with Crippen molar-refractivity contribution in [3.05, 3.63) is 68.0 Å². The van der Waals surface area contributed by atoms with Gasteiger partial charge >= 0.3 is 6.03 Å². The van der Waals surface area contributed by atoms with Gasteiger partial charge in [-0.25, -0.2) is 9.18 Å². The van der Waals surface area contributed by atoms with E-state index in [-0.39, 0.29) is 18.4 Å². The number of carbonyl (C=O) groups excluding carboxylic acids is 1. The molecule has 3 aromatic rings. The van der Waals surface area contributed by atoms with Crippen LogP contribution in [-0.4, -0.2) is 22.5 Å². The predicted octanol–water partition coefficient (Wildman–Crippen LogP) is 4.85. The van der Waals surface area contributed by atoms with E-state index in [0.717, 1.165) is 9.88 Å². The first-order valence-electron chi connectivity index (χ1n) is 7.41. The van der Waals surface area contributed by atoms with Crippen LogP contribution in [0.15, 0.2) is 47.6 Å². The number of thiophene rings is 1. The summed E-state index contributed by atoms with van der Waals surface area (Å²) in [5.74, 6) is -0.323. The fourth-order valence-corrected chi connectivity index (χ4v) is 4.16. The average molecular weight is 396 g/mol. The van der Waals surface area contributed by atoms with Gasteiger partial charge in [-0.1, -0.05) is 23.7 Å². The third kappa shape index (κ3) is 4.36. The highest BCUT2D eigenvalue weighted by Crippen LogP contribution is 2.24. The molecule has 0 aliphatic carbocycles. The minimum Gasteiger partial charge on any atom is -0.322 e. The molecule has 0 radical (unpaired) electrons. The maximum absolute atomic E-state index is 13.3. The molecule has 4 nitrogen and oxygen atoms in total. The van der Waals surface area contributed by atoms with Gasteiger partial charge in [-0.2, -0.15) is 4.99 Å². The van der Waals surface area contributed by atoms with E-state index >= 15 is 0 Å². The molecule has 130 valence electrons. The highest BCUT2D eigenvalue weighted by molar-refractivity contribution is 7.18. The Morgan fingerprint density at radius 1 is 1.32 bits per heavy atom. The molecule has 3 rings (SSSR count). The number of hydrogen-bond acceptors (Lipinski definition) is 3. The molecule has 8 heteroatoms. The molecular formula is C17H15ClFN3OS2. The highest BCUT2D eigenvalue weighted by atomic mass is 35.5. The van der Waals surface area contributed by atoms with Crippen LogP contribution in [0.5, 0.6) is 0 Å². The topological polar surface area (TPSA) is 37.6 Å². The lowest BCUT2D eigenvalue weighted by molar-refractivity contribution is 0.216. The summed E-state index contributed by atoms with van der Waals surface area (Å²) >= 11 is 8.84. The monoisotopic (exact) mass is 395 g/mol. The minimum atomic E-state index is -0.387. The van der Waals surface area contributed by atoms with Crippen LogP contribution >= 0.6 is 34.3 Å². The Balaban J connectivity index is 1.86. The molecule has 0 unspecified atom stereocenters. The third-order valence-corrected chi connectivity index (χ3v) is 5.52. The number of carbonyl (C=O) groups is 1. The molecule has 0 atom stereocenters. The first-order chi connectivity index (χ1) is 11.9. The van der Waals surface area contributed by atoms with Gasteiger partial charge in [0.05, 0.1) is 4.34 Å². The van der Waals surface area contributed by atoms with Gasteiger partial charge < -0.3 is 4.90 Å². The molecule has 2 amide bonds. The normalized spacial score (nSPS) is 11.8. The van der Waals surface area contributed by atoms with Gasteiger partial charge in [-0.3, -0.25) is 4.57 Å². The zero-order chi connectivity index (χ0) is 18.0. The van der Waals surface area contributed by atoms with Crippen LogP contribution in [-0.2, 0) is 6.54 Å². The van der Waals surface area contributed by atoms with Gasteiger partial charge in [0.2, 0.25) is 0 Å². The highest BCUT2D eigenvalue weighted by Gasteiger charge is 2.11. The molecule has 0 saturated carbocycles. The van der Waals surface area contributed by atoms with Gasteiger partial charge in [0.15, 0.2) is 4.80 Å². The third-order valence-electron chi connectivity index (χ3n) is 3.39. The maximum atomic E-state index is 13.3. The van der Waals surface area contributed by atoms with Crippen LogP contribution in [0.25, 0.3) is 5.00 Å². The van der Waals surface area contributed by atoms with Crippen LogP contribution < -0.4 is 4.80 Å². The molecule has 0 bridgehead atoms. The van der Waals surface area contributed by atoms with E-state index in [1.165, 1.54) is 39.7 Å². The second-order valence-electron chi connectivity index (χ2n) is 5.45. The van der Waals surface area contributed by atoms with Crippen LogP contribution in [0.1, 0.15) is 10.4 Å². The van der Waals surface area contributed by atoms with E-state index in [9.17, 15) is 9.18 Å². The maximum Gasteiger partial charge on any atom is 0.346 e. The predicted molar refractivity (Wildman–Crippen MR) is 100 cm³/mol.